The molecule has 0 bridgehead atoms. The third-order valence-corrected chi connectivity index (χ3v) is 11.1. The van der Waals surface area contributed by atoms with Gasteiger partial charge in [-0.2, -0.15) is 0 Å². The highest BCUT2D eigenvalue weighted by molar-refractivity contribution is 7.47. The zero-order valence-corrected chi connectivity index (χ0v) is 40.1. The summed E-state index contributed by atoms with van der Waals surface area (Å²) in [6.45, 7) is 4.62. The van der Waals surface area contributed by atoms with E-state index >= 15 is 0 Å². The number of carbonyl (C=O) groups is 1. The maximum absolute atomic E-state index is 12.8. The van der Waals surface area contributed by atoms with Gasteiger partial charge in [0.1, 0.15) is 13.2 Å². The maximum Gasteiger partial charge on any atom is 0.472 e. The van der Waals surface area contributed by atoms with Gasteiger partial charge in [0.2, 0.25) is 5.91 Å². The van der Waals surface area contributed by atoms with Gasteiger partial charge in [-0.1, -0.05) is 189 Å². The van der Waals surface area contributed by atoms with Gasteiger partial charge in [-0.15, -0.1) is 0 Å². The van der Waals surface area contributed by atoms with Gasteiger partial charge in [0.05, 0.1) is 39.9 Å². The molecule has 0 fully saturated rings. The Labute approximate surface area is 369 Å². The second kappa shape index (κ2) is 42.0. The van der Waals surface area contributed by atoms with E-state index < -0.39 is 20.0 Å². The van der Waals surface area contributed by atoms with E-state index in [0.717, 1.165) is 77.0 Å². The van der Waals surface area contributed by atoms with Crippen LogP contribution in [0.15, 0.2) is 85.1 Å². The van der Waals surface area contributed by atoms with Crippen molar-refractivity contribution in [2.24, 2.45) is 0 Å². The lowest BCUT2D eigenvalue weighted by Crippen LogP contribution is -2.45. The highest BCUT2D eigenvalue weighted by Gasteiger charge is 2.27. The molecule has 3 unspecified atom stereocenters. The molecule has 0 aliphatic heterocycles. The Kier molecular flexibility index (Phi) is 40.4. The zero-order valence-electron chi connectivity index (χ0n) is 39.2. The fraction of sp³-hybridized carbons (Fsp3) is 0.706. The fourth-order valence-corrected chi connectivity index (χ4v) is 7.07. The molecule has 8 nitrogen and oxygen atoms in total. The predicted molar refractivity (Wildman–Crippen MR) is 258 cm³/mol. The van der Waals surface area contributed by atoms with Crippen LogP contribution >= 0.6 is 7.82 Å². The lowest BCUT2D eigenvalue weighted by Gasteiger charge is -2.25. The minimum absolute atomic E-state index is 0.0572. The summed E-state index contributed by atoms with van der Waals surface area (Å²) in [6, 6.07) is -0.848. The van der Waals surface area contributed by atoms with Crippen molar-refractivity contribution in [3.8, 4) is 0 Å². The highest BCUT2D eigenvalue weighted by atomic mass is 31.2. The van der Waals surface area contributed by atoms with Crippen molar-refractivity contribution in [1.29, 1.82) is 0 Å². The molecule has 0 rings (SSSR count). The molecule has 0 aliphatic rings. The summed E-state index contributed by atoms with van der Waals surface area (Å²) in [5, 5.41) is 13.7. The van der Waals surface area contributed by atoms with Crippen LogP contribution in [0.5, 0.6) is 0 Å². The number of amides is 1. The molecule has 0 saturated heterocycles. The van der Waals surface area contributed by atoms with Crippen LogP contribution in [0.2, 0.25) is 0 Å². The summed E-state index contributed by atoms with van der Waals surface area (Å²) in [5.41, 5.74) is 0. The normalized spacial score (nSPS) is 15.0. The fourth-order valence-electron chi connectivity index (χ4n) is 6.34. The molecule has 0 aromatic carbocycles. The van der Waals surface area contributed by atoms with Crippen LogP contribution in [0.1, 0.15) is 181 Å². The third-order valence-electron chi connectivity index (χ3n) is 10.1. The lowest BCUT2D eigenvalue weighted by molar-refractivity contribution is -0.870. The maximum atomic E-state index is 12.8. The second-order valence-electron chi connectivity index (χ2n) is 17.1. The molecular formula is C51H92N2O6P+. The van der Waals surface area contributed by atoms with Crippen LogP contribution in [-0.4, -0.2) is 73.4 Å². The van der Waals surface area contributed by atoms with Crippen molar-refractivity contribution in [1.82, 2.24) is 5.32 Å². The monoisotopic (exact) mass is 860 g/mol. The third kappa shape index (κ3) is 43.8. The van der Waals surface area contributed by atoms with E-state index in [1.807, 2.05) is 27.2 Å². The number of quaternary nitrogens is 1. The number of phosphoric acid groups is 1. The van der Waals surface area contributed by atoms with Gasteiger partial charge in [0.25, 0.3) is 0 Å². The Bertz CT molecular complexity index is 1250. The van der Waals surface area contributed by atoms with E-state index in [1.165, 1.54) is 83.5 Å². The molecule has 346 valence electrons. The summed E-state index contributed by atoms with van der Waals surface area (Å²) in [6.07, 6.45) is 58.3. The van der Waals surface area contributed by atoms with Gasteiger partial charge >= 0.3 is 7.82 Å². The Morgan fingerprint density at radius 3 is 1.47 bits per heavy atom. The highest BCUT2D eigenvalue weighted by Crippen LogP contribution is 2.43. The molecule has 0 spiro atoms. The SMILES string of the molecule is CC/C=C\C/C=C\C/C=C\C/C=C\C/C=C\C/C=C\CCCCCCCCCCCCCCC(=O)NC(COP(=O)(O)OCC[N+](C)(C)C)C(O)/C=C/CCCCCCC. The van der Waals surface area contributed by atoms with Gasteiger partial charge in [0.15, 0.2) is 0 Å². The Morgan fingerprint density at radius 2 is 1.00 bits per heavy atom. The molecule has 3 N–H and O–H groups in total. The number of hydrogen-bond acceptors (Lipinski definition) is 5. The van der Waals surface area contributed by atoms with Crippen LogP contribution in [0.25, 0.3) is 0 Å². The van der Waals surface area contributed by atoms with E-state index in [0.29, 0.717) is 17.4 Å². The first-order chi connectivity index (χ1) is 29.0. The van der Waals surface area contributed by atoms with E-state index in [4.69, 9.17) is 9.05 Å². The zero-order chi connectivity index (χ0) is 44.3. The van der Waals surface area contributed by atoms with Crippen LogP contribution in [-0.2, 0) is 18.4 Å². The number of aliphatic hydroxyl groups excluding tert-OH is 1. The van der Waals surface area contributed by atoms with Crippen molar-refractivity contribution in [3.63, 3.8) is 0 Å². The Balaban J connectivity index is 4.04. The van der Waals surface area contributed by atoms with Crippen molar-refractivity contribution in [3.05, 3.63) is 85.1 Å². The molecule has 9 heteroatoms. The van der Waals surface area contributed by atoms with E-state index in [2.05, 4.69) is 92.1 Å². The van der Waals surface area contributed by atoms with E-state index in [9.17, 15) is 19.4 Å². The molecule has 60 heavy (non-hydrogen) atoms. The minimum Gasteiger partial charge on any atom is -0.387 e. The average molecular weight is 860 g/mol. The van der Waals surface area contributed by atoms with Crippen molar-refractivity contribution < 1.29 is 32.9 Å². The molecule has 0 heterocycles. The minimum atomic E-state index is -4.33. The molecule has 3 atom stereocenters. The lowest BCUT2D eigenvalue weighted by atomic mass is 10.0. The van der Waals surface area contributed by atoms with Crippen molar-refractivity contribution in [2.75, 3.05) is 40.9 Å². The van der Waals surface area contributed by atoms with Crippen LogP contribution in [0.3, 0.4) is 0 Å². The van der Waals surface area contributed by atoms with Crippen LogP contribution in [0, 0.1) is 0 Å². The molecule has 1 amide bonds. The van der Waals surface area contributed by atoms with E-state index in [-0.39, 0.29) is 19.1 Å². The number of allylic oxidation sites excluding steroid dienone is 13. The Hall–Kier alpha value is -2.32. The Morgan fingerprint density at radius 1 is 0.583 bits per heavy atom. The van der Waals surface area contributed by atoms with Gasteiger partial charge in [0, 0.05) is 6.42 Å². The molecule has 0 saturated carbocycles. The van der Waals surface area contributed by atoms with Gasteiger partial charge in [-0.3, -0.25) is 13.8 Å². The van der Waals surface area contributed by atoms with Gasteiger partial charge in [-0.05, 0) is 70.6 Å². The topological polar surface area (TPSA) is 105 Å². The van der Waals surface area contributed by atoms with Gasteiger partial charge in [-0.25, -0.2) is 4.57 Å². The van der Waals surface area contributed by atoms with Gasteiger partial charge < -0.3 is 19.8 Å². The van der Waals surface area contributed by atoms with Crippen molar-refractivity contribution in [2.45, 2.75) is 193 Å². The first kappa shape index (κ1) is 57.7. The number of nitrogens with one attached hydrogen (secondary N) is 1. The number of phosphoric ester groups is 1. The number of carbonyl (C=O) groups excluding carboxylic acids is 1. The average Bonchev–Trinajstić information content (AvgIpc) is 3.20. The number of hydrogen-bond donors (Lipinski definition) is 3. The molecule has 0 aromatic heterocycles. The largest absolute Gasteiger partial charge is 0.472 e. The molecule has 0 aliphatic carbocycles. The molecular weight excluding hydrogens is 768 g/mol. The summed E-state index contributed by atoms with van der Waals surface area (Å²) in [7, 11) is 1.56. The summed E-state index contributed by atoms with van der Waals surface area (Å²) >= 11 is 0. The smallest absolute Gasteiger partial charge is 0.387 e. The predicted octanol–water partition coefficient (Wildman–Crippen LogP) is 13.7. The number of rotatable bonds is 42. The summed E-state index contributed by atoms with van der Waals surface area (Å²) in [5.74, 6) is -0.188. The first-order valence-electron chi connectivity index (χ1n) is 24.0. The standard InChI is InChI=1S/C51H91N2O6P/c1-6-8-10-12-14-15-16-17-18-19-20-21-22-23-24-25-26-27-28-29-30-31-32-33-34-35-36-37-39-41-43-45-51(55)52-49(50(54)44-42-40-38-13-11-9-7-2)48-59-60(56,57)58-47-46-53(3,4)5/h8,10,14-15,17-18,20-21,23-24,26-27,42,44,49-50,54H,6-7,9,11-13,16,19,22,25,28-41,43,45-48H2,1-5H3,(H-,52,55,56,57)/p+1/b10-8-,15-14-,18-17-,21-20-,24-23-,27-26-,44-42+. The quantitative estimate of drug-likeness (QED) is 0.0244. The van der Waals surface area contributed by atoms with E-state index in [1.54, 1.807) is 6.08 Å². The van der Waals surface area contributed by atoms with Crippen molar-refractivity contribution >= 4 is 13.7 Å². The number of likely N-dealkylation sites (N-methyl/N-ethyl adjacent to an activating group) is 1. The van der Waals surface area contributed by atoms with Crippen LogP contribution in [0.4, 0.5) is 0 Å². The van der Waals surface area contributed by atoms with Crippen LogP contribution < -0.4 is 5.32 Å². The molecule has 0 radical (unpaired) electrons. The number of nitrogens with zero attached hydrogens (tertiary/aromatic N) is 1. The second-order valence-corrected chi connectivity index (χ2v) is 18.6. The summed E-state index contributed by atoms with van der Waals surface area (Å²) < 4.78 is 23.4. The molecule has 0 aromatic rings. The summed E-state index contributed by atoms with van der Waals surface area (Å²) in [4.78, 5) is 23.0. The number of aliphatic hydroxyl groups is 1. The first-order valence-corrected chi connectivity index (χ1v) is 25.5. The number of unbranched alkanes of at least 4 members (excludes halogenated alkanes) is 17.